The summed E-state index contributed by atoms with van der Waals surface area (Å²) in [5.41, 5.74) is 3.80. The maximum absolute atomic E-state index is 5.66. The summed E-state index contributed by atoms with van der Waals surface area (Å²) in [6.45, 7) is 0. The number of methoxy groups -OCH3 is 1. The van der Waals surface area contributed by atoms with Crippen molar-refractivity contribution in [3.05, 3.63) is 24.0 Å². The number of hydrogen-bond acceptors (Lipinski definition) is 4. The van der Waals surface area contributed by atoms with Crippen LogP contribution in [0.5, 0.6) is 5.75 Å². The number of nitrogens with zero attached hydrogens (tertiary/aromatic N) is 1. The van der Waals surface area contributed by atoms with E-state index in [1.807, 2.05) is 12.1 Å². The third-order valence-electron chi connectivity index (χ3n) is 3.59. The highest BCUT2D eigenvalue weighted by Gasteiger charge is 2.23. The van der Waals surface area contributed by atoms with E-state index in [0.717, 1.165) is 23.8 Å². The Bertz CT molecular complexity index is 350. The highest BCUT2D eigenvalue weighted by atomic mass is 16.5. The maximum atomic E-state index is 5.66. The predicted octanol–water partition coefficient (Wildman–Crippen LogP) is 2.17. The highest BCUT2D eigenvalue weighted by molar-refractivity contribution is 5.29. The molecule has 0 saturated heterocycles. The molecular formula is C13H21N3O. The smallest absolute Gasteiger partial charge is 0.142 e. The zero-order valence-electron chi connectivity index (χ0n) is 10.4. The summed E-state index contributed by atoms with van der Waals surface area (Å²) < 4.78 is 5.33. The molecule has 1 unspecified atom stereocenters. The van der Waals surface area contributed by atoms with E-state index in [0.29, 0.717) is 0 Å². The topological polar surface area (TPSA) is 60.2 Å². The molecule has 0 aromatic carbocycles. The Morgan fingerprint density at radius 1 is 1.53 bits per heavy atom. The number of hydrogen-bond donors (Lipinski definition) is 2. The van der Waals surface area contributed by atoms with Crippen molar-refractivity contribution in [3.63, 3.8) is 0 Å². The minimum atomic E-state index is 0.0919. The largest absolute Gasteiger partial charge is 0.495 e. The molecule has 0 radical (unpaired) electrons. The van der Waals surface area contributed by atoms with E-state index in [1.54, 1.807) is 13.3 Å². The van der Waals surface area contributed by atoms with Crippen LogP contribution < -0.4 is 16.0 Å². The van der Waals surface area contributed by atoms with Gasteiger partial charge in [0.15, 0.2) is 0 Å². The summed E-state index contributed by atoms with van der Waals surface area (Å²) in [7, 11) is 1.67. The summed E-state index contributed by atoms with van der Waals surface area (Å²) in [6, 6.07) is 3.90. The lowest BCUT2D eigenvalue weighted by Gasteiger charge is -2.20. The Kier molecular flexibility index (Phi) is 4.34. The molecule has 17 heavy (non-hydrogen) atoms. The van der Waals surface area contributed by atoms with Gasteiger partial charge in [0.2, 0.25) is 0 Å². The van der Waals surface area contributed by atoms with Crippen LogP contribution in [-0.2, 0) is 0 Å². The fourth-order valence-corrected chi connectivity index (χ4v) is 2.68. The van der Waals surface area contributed by atoms with Gasteiger partial charge in [-0.05, 0) is 24.5 Å². The fourth-order valence-electron chi connectivity index (χ4n) is 2.68. The minimum absolute atomic E-state index is 0.0919. The quantitative estimate of drug-likeness (QED) is 0.606. The Morgan fingerprint density at radius 2 is 2.29 bits per heavy atom. The summed E-state index contributed by atoms with van der Waals surface area (Å²) in [5, 5.41) is 0. The van der Waals surface area contributed by atoms with Crippen LogP contribution in [0.3, 0.4) is 0 Å². The number of hydrazine groups is 1. The molecule has 0 bridgehead atoms. The van der Waals surface area contributed by atoms with Gasteiger partial charge in [-0.25, -0.2) is 0 Å². The van der Waals surface area contributed by atoms with E-state index in [2.05, 4.69) is 10.4 Å². The lowest BCUT2D eigenvalue weighted by atomic mass is 9.96. The van der Waals surface area contributed by atoms with Crippen molar-refractivity contribution in [3.8, 4) is 5.75 Å². The Hall–Kier alpha value is -1.13. The van der Waals surface area contributed by atoms with Gasteiger partial charge in [0.05, 0.1) is 13.2 Å². The molecule has 1 saturated carbocycles. The van der Waals surface area contributed by atoms with Gasteiger partial charge in [0, 0.05) is 6.20 Å². The normalized spacial score (nSPS) is 18.2. The van der Waals surface area contributed by atoms with E-state index in [4.69, 9.17) is 10.6 Å². The number of nitrogens with two attached hydrogens (primary N) is 1. The summed E-state index contributed by atoms with van der Waals surface area (Å²) >= 11 is 0. The lowest BCUT2D eigenvalue weighted by Crippen LogP contribution is -2.30. The molecular weight excluding hydrogens is 214 g/mol. The number of rotatable bonds is 5. The first kappa shape index (κ1) is 12.3. The van der Waals surface area contributed by atoms with E-state index in [-0.39, 0.29) is 6.04 Å². The zero-order valence-corrected chi connectivity index (χ0v) is 10.4. The first-order valence-corrected chi connectivity index (χ1v) is 6.30. The van der Waals surface area contributed by atoms with Crippen molar-refractivity contribution in [2.45, 2.75) is 38.1 Å². The molecule has 0 aliphatic heterocycles. The average molecular weight is 235 g/mol. The van der Waals surface area contributed by atoms with Crippen molar-refractivity contribution in [2.24, 2.45) is 11.8 Å². The van der Waals surface area contributed by atoms with Gasteiger partial charge in [-0.1, -0.05) is 25.7 Å². The summed E-state index contributed by atoms with van der Waals surface area (Å²) in [6.07, 6.45) is 8.16. The first-order chi connectivity index (χ1) is 8.35. The molecule has 4 nitrogen and oxygen atoms in total. The van der Waals surface area contributed by atoms with Crippen LogP contribution in [0.1, 0.15) is 43.8 Å². The third kappa shape index (κ3) is 2.96. The van der Waals surface area contributed by atoms with Gasteiger partial charge < -0.3 is 4.74 Å². The van der Waals surface area contributed by atoms with Gasteiger partial charge in [-0.3, -0.25) is 16.3 Å². The van der Waals surface area contributed by atoms with Crippen molar-refractivity contribution in [1.29, 1.82) is 0 Å². The second-order valence-corrected chi connectivity index (χ2v) is 4.70. The molecule has 1 heterocycles. The van der Waals surface area contributed by atoms with Crippen LogP contribution in [-0.4, -0.2) is 12.1 Å². The zero-order chi connectivity index (χ0) is 12.1. The Morgan fingerprint density at radius 3 is 2.94 bits per heavy atom. The van der Waals surface area contributed by atoms with E-state index in [9.17, 15) is 0 Å². The second kappa shape index (κ2) is 5.98. The van der Waals surface area contributed by atoms with Crippen molar-refractivity contribution < 1.29 is 4.74 Å². The third-order valence-corrected chi connectivity index (χ3v) is 3.59. The minimum Gasteiger partial charge on any atom is -0.495 e. The molecule has 2 rings (SSSR count). The second-order valence-electron chi connectivity index (χ2n) is 4.70. The summed E-state index contributed by atoms with van der Waals surface area (Å²) in [5.74, 6) is 7.24. The van der Waals surface area contributed by atoms with Crippen LogP contribution in [0, 0.1) is 5.92 Å². The van der Waals surface area contributed by atoms with Crippen molar-refractivity contribution in [2.75, 3.05) is 7.11 Å². The van der Waals surface area contributed by atoms with Crippen molar-refractivity contribution in [1.82, 2.24) is 10.4 Å². The lowest BCUT2D eigenvalue weighted by molar-refractivity contribution is 0.363. The molecule has 0 spiro atoms. The Labute approximate surface area is 103 Å². The molecule has 1 aliphatic rings. The van der Waals surface area contributed by atoms with Gasteiger partial charge in [0.1, 0.15) is 11.4 Å². The van der Waals surface area contributed by atoms with Gasteiger partial charge >= 0.3 is 0 Å². The molecule has 4 heteroatoms. The predicted molar refractivity (Wildman–Crippen MR) is 67.4 cm³/mol. The SMILES string of the molecule is COc1cccnc1C(CC1CCCC1)NN. The molecule has 1 fully saturated rings. The molecule has 1 aliphatic carbocycles. The maximum Gasteiger partial charge on any atom is 0.142 e. The average Bonchev–Trinajstić information content (AvgIpc) is 2.89. The van der Waals surface area contributed by atoms with Crippen LogP contribution >= 0.6 is 0 Å². The fraction of sp³-hybridized carbons (Fsp3) is 0.615. The molecule has 1 aromatic rings. The van der Waals surface area contributed by atoms with Crippen LogP contribution in [0.4, 0.5) is 0 Å². The number of nitrogens with one attached hydrogen (secondary N) is 1. The van der Waals surface area contributed by atoms with E-state index < -0.39 is 0 Å². The number of aromatic nitrogens is 1. The van der Waals surface area contributed by atoms with E-state index in [1.165, 1.54) is 25.7 Å². The van der Waals surface area contributed by atoms with Gasteiger partial charge in [0.25, 0.3) is 0 Å². The standard InChI is InChI=1S/C13H21N3O/c1-17-12-7-4-8-15-13(12)11(16-14)9-10-5-2-3-6-10/h4,7-8,10-11,16H,2-3,5-6,9,14H2,1H3. The number of pyridine rings is 1. The molecule has 1 aromatic heterocycles. The molecule has 3 N–H and O–H groups in total. The Balaban J connectivity index is 2.10. The number of ether oxygens (including phenoxy) is 1. The van der Waals surface area contributed by atoms with Crippen LogP contribution in [0.25, 0.3) is 0 Å². The monoisotopic (exact) mass is 235 g/mol. The molecule has 1 atom stereocenters. The van der Waals surface area contributed by atoms with E-state index >= 15 is 0 Å². The van der Waals surface area contributed by atoms with Crippen LogP contribution in [0.15, 0.2) is 18.3 Å². The van der Waals surface area contributed by atoms with Gasteiger partial charge in [-0.2, -0.15) is 0 Å². The molecule has 0 amide bonds. The van der Waals surface area contributed by atoms with Crippen molar-refractivity contribution >= 4 is 0 Å². The molecule has 94 valence electrons. The highest BCUT2D eigenvalue weighted by Crippen LogP contribution is 2.34. The van der Waals surface area contributed by atoms with Crippen LogP contribution in [0.2, 0.25) is 0 Å². The van der Waals surface area contributed by atoms with Gasteiger partial charge in [-0.15, -0.1) is 0 Å². The first-order valence-electron chi connectivity index (χ1n) is 6.30. The summed E-state index contributed by atoms with van der Waals surface area (Å²) in [4.78, 5) is 4.40.